The molecule has 1 aromatic carbocycles. The molecule has 2 aromatic rings. The van der Waals surface area contributed by atoms with Gasteiger partial charge in [-0.25, -0.2) is 0 Å². The molecule has 0 spiro atoms. The standard InChI is InChI=1S/C19H24N2O6/c1-11-15(12(2)27-21-11)7-9-18(22)26-13(3)19(23)20-14-6-8-16(24-4)17(10-14)25-5/h6,8,10,13H,7,9H2,1-5H3,(H,20,23)/t13-/m1/s1. The molecule has 1 aromatic heterocycles. The molecule has 0 radical (unpaired) electrons. The molecule has 0 fully saturated rings. The van der Waals surface area contributed by atoms with Gasteiger partial charge in [0.1, 0.15) is 5.76 Å². The highest BCUT2D eigenvalue weighted by Crippen LogP contribution is 2.29. The Morgan fingerprint density at radius 1 is 1.19 bits per heavy atom. The third-order valence-corrected chi connectivity index (χ3v) is 4.09. The normalized spacial score (nSPS) is 11.6. The summed E-state index contributed by atoms with van der Waals surface area (Å²) in [7, 11) is 3.03. The van der Waals surface area contributed by atoms with Gasteiger partial charge < -0.3 is 24.1 Å². The van der Waals surface area contributed by atoms with Crippen molar-refractivity contribution in [2.45, 2.75) is 39.7 Å². The van der Waals surface area contributed by atoms with Crippen LogP contribution in [0.2, 0.25) is 0 Å². The fourth-order valence-corrected chi connectivity index (χ4v) is 2.55. The number of benzene rings is 1. The van der Waals surface area contributed by atoms with Crippen LogP contribution in [0.25, 0.3) is 0 Å². The summed E-state index contributed by atoms with van der Waals surface area (Å²) in [6.07, 6.45) is -0.351. The Morgan fingerprint density at radius 2 is 1.89 bits per heavy atom. The molecule has 8 heteroatoms. The first-order chi connectivity index (χ1) is 12.8. The van der Waals surface area contributed by atoms with E-state index in [1.165, 1.54) is 21.1 Å². The lowest BCUT2D eigenvalue weighted by Crippen LogP contribution is -2.30. The quantitative estimate of drug-likeness (QED) is 0.707. The molecule has 1 N–H and O–H groups in total. The van der Waals surface area contributed by atoms with Crippen LogP contribution in [0.1, 0.15) is 30.4 Å². The van der Waals surface area contributed by atoms with Gasteiger partial charge in [-0.15, -0.1) is 0 Å². The number of carbonyl (C=O) groups is 2. The molecule has 27 heavy (non-hydrogen) atoms. The highest BCUT2D eigenvalue weighted by molar-refractivity contribution is 5.95. The second kappa shape index (κ2) is 9.07. The van der Waals surface area contributed by atoms with Crippen molar-refractivity contribution < 1.29 is 28.3 Å². The number of nitrogens with one attached hydrogen (secondary N) is 1. The lowest BCUT2D eigenvalue weighted by atomic mass is 10.1. The van der Waals surface area contributed by atoms with E-state index in [9.17, 15) is 9.59 Å². The van der Waals surface area contributed by atoms with E-state index < -0.39 is 18.0 Å². The summed E-state index contributed by atoms with van der Waals surface area (Å²) in [6, 6.07) is 4.97. The number of carbonyl (C=O) groups excluding carboxylic acids is 2. The summed E-state index contributed by atoms with van der Waals surface area (Å²) >= 11 is 0. The Hall–Kier alpha value is -3.03. The molecule has 1 atom stereocenters. The van der Waals surface area contributed by atoms with E-state index in [2.05, 4.69) is 10.5 Å². The van der Waals surface area contributed by atoms with Gasteiger partial charge in [-0.05, 0) is 39.3 Å². The molecule has 0 bridgehead atoms. The van der Waals surface area contributed by atoms with Gasteiger partial charge in [0.25, 0.3) is 5.91 Å². The molecule has 0 aliphatic carbocycles. The molecule has 0 saturated carbocycles. The Morgan fingerprint density at radius 3 is 2.48 bits per heavy atom. The first-order valence-corrected chi connectivity index (χ1v) is 8.49. The Balaban J connectivity index is 1.88. The Kier molecular flexibility index (Phi) is 6.81. The van der Waals surface area contributed by atoms with Crippen LogP contribution < -0.4 is 14.8 Å². The topological polar surface area (TPSA) is 99.9 Å². The average molecular weight is 376 g/mol. The van der Waals surface area contributed by atoms with Crippen molar-refractivity contribution >= 4 is 17.6 Å². The van der Waals surface area contributed by atoms with E-state index in [-0.39, 0.29) is 6.42 Å². The molecule has 1 amide bonds. The number of methoxy groups -OCH3 is 2. The minimum atomic E-state index is -0.935. The second-order valence-corrected chi connectivity index (χ2v) is 5.99. The number of rotatable bonds is 8. The second-order valence-electron chi connectivity index (χ2n) is 5.99. The summed E-state index contributed by atoms with van der Waals surface area (Å²) in [5, 5.41) is 6.53. The summed E-state index contributed by atoms with van der Waals surface area (Å²) in [5.74, 6) is 0.811. The van der Waals surface area contributed by atoms with E-state index in [0.29, 0.717) is 29.4 Å². The molecule has 0 aliphatic heterocycles. The van der Waals surface area contributed by atoms with Gasteiger partial charge in [-0.3, -0.25) is 9.59 Å². The predicted octanol–water partition coefficient (Wildman–Crippen LogP) is 2.81. The summed E-state index contributed by atoms with van der Waals surface area (Å²) < 4.78 is 20.6. The third kappa shape index (κ3) is 5.22. The minimum absolute atomic E-state index is 0.136. The molecular weight excluding hydrogens is 352 g/mol. The number of amides is 1. The minimum Gasteiger partial charge on any atom is -0.493 e. The van der Waals surface area contributed by atoms with Crippen molar-refractivity contribution in [2.24, 2.45) is 0 Å². The number of hydrogen-bond donors (Lipinski definition) is 1. The number of ether oxygens (including phenoxy) is 3. The van der Waals surface area contributed by atoms with Gasteiger partial charge in [0.2, 0.25) is 0 Å². The van der Waals surface area contributed by atoms with E-state index in [4.69, 9.17) is 18.7 Å². The van der Waals surface area contributed by atoms with Crippen LogP contribution in [-0.4, -0.2) is 37.4 Å². The van der Waals surface area contributed by atoms with Crippen molar-refractivity contribution in [3.8, 4) is 11.5 Å². The van der Waals surface area contributed by atoms with Crippen LogP contribution in [-0.2, 0) is 20.7 Å². The van der Waals surface area contributed by atoms with Crippen LogP contribution in [0.3, 0.4) is 0 Å². The fraction of sp³-hybridized carbons (Fsp3) is 0.421. The number of aromatic nitrogens is 1. The zero-order chi connectivity index (χ0) is 20.0. The lowest BCUT2D eigenvalue weighted by molar-refractivity contribution is -0.153. The van der Waals surface area contributed by atoms with Gasteiger partial charge in [-0.1, -0.05) is 5.16 Å². The van der Waals surface area contributed by atoms with E-state index in [1.807, 2.05) is 6.92 Å². The number of esters is 1. The molecule has 0 saturated heterocycles. The monoisotopic (exact) mass is 376 g/mol. The van der Waals surface area contributed by atoms with Gasteiger partial charge in [0.05, 0.1) is 19.9 Å². The van der Waals surface area contributed by atoms with Crippen LogP contribution in [0, 0.1) is 13.8 Å². The highest BCUT2D eigenvalue weighted by atomic mass is 16.5. The maximum atomic E-state index is 12.3. The van der Waals surface area contributed by atoms with Crippen LogP contribution >= 0.6 is 0 Å². The van der Waals surface area contributed by atoms with Crippen LogP contribution in [0.5, 0.6) is 11.5 Å². The zero-order valence-corrected chi connectivity index (χ0v) is 16.1. The Bertz CT molecular complexity index is 795. The molecule has 0 aliphatic rings. The third-order valence-electron chi connectivity index (χ3n) is 4.09. The maximum Gasteiger partial charge on any atom is 0.306 e. The van der Waals surface area contributed by atoms with Crippen molar-refractivity contribution in [3.05, 3.63) is 35.2 Å². The van der Waals surface area contributed by atoms with Gasteiger partial charge in [0, 0.05) is 23.7 Å². The van der Waals surface area contributed by atoms with E-state index in [1.54, 1.807) is 25.1 Å². The lowest BCUT2D eigenvalue weighted by Gasteiger charge is -2.15. The molecular formula is C19H24N2O6. The summed E-state index contributed by atoms with van der Waals surface area (Å²) in [6.45, 7) is 5.13. The van der Waals surface area contributed by atoms with E-state index >= 15 is 0 Å². The number of hydrogen-bond acceptors (Lipinski definition) is 7. The predicted molar refractivity (Wildman–Crippen MR) is 98.0 cm³/mol. The van der Waals surface area contributed by atoms with Crippen molar-refractivity contribution in [2.75, 3.05) is 19.5 Å². The van der Waals surface area contributed by atoms with Gasteiger partial charge >= 0.3 is 5.97 Å². The molecule has 146 valence electrons. The first kappa shape index (κ1) is 20.3. The SMILES string of the molecule is COc1ccc(NC(=O)[C@@H](C)OC(=O)CCc2c(C)noc2C)cc1OC. The average Bonchev–Trinajstić information content (AvgIpc) is 2.97. The first-order valence-electron chi connectivity index (χ1n) is 8.49. The van der Waals surface area contributed by atoms with Crippen molar-refractivity contribution in [1.29, 1.82) is 0 Å². The zero-order valence-electron chi connectivity index (χ0n) is 16.1. The number of aryl methyl sites for hydroxylation is 2. The summed E-state index contributed by atoms with van der Waals surface area (Å²) in [5.41, 5.74) is 2.14. The van der Waals surface area contributed by atoms with Crippen molar-refractivity contribution in [3.63, 3.8) is 0 Å². The van der Waals surface area contributed by atoms with Gasteiger partial charge in [0.15, 0.2) is 17.6 Å². The number of nitrogens with zero attached hydrogens (tertiary/aromatic N) is 1. The molecule has 0 unspecified atom stereocenters. The smallest absolute Gasteiger partial charge is 0.306 e. The van der Waals surface area contributed by atoms with Crippen LogP contribution in [0.4, 0.5) is 5.69 Å². The largest absolute Gasteiger partial charge is 0.493 e. The highest BCUT2D eigenvalue weighted by Gasteiger charge is 2.19. The van der Waals surface area contributed by atoms with Crippen LogP contribution in [0.15, 0.2) is 22.7 Å². The molecule has 8 nitrogen and oxygen atoms in total. The fourth-order valence-electron chi connectivity index (χ4n) is 2.55. The van der Waals surface area contributed by atoms with Gasteiger partial charge in [-0.2, -0.15) is 0 Å². The summed E-state index contributed by atoms with van der Waals surface area (Å²) in [4.78, 5) is 24.3. The number of anilines is 1. The molecule has 2 rings (SSSR count). The Labute approximate surface area is 157 Å². The van der Waals surface area contributed by atoms with Crippen molar-refractivity contribution in [1.82, 2.24) is 5.16 Å². The maximum absolute atomic E-state index is 12.3. The molecule has 1 heterocycles. The van der Waals surface area contributed by atoms with E-state index in [0.717, 1.165) is 11.3 Å².